The fourth-order valence-corrected chi connectivity index (χ4v) is 3.64. The molecule has 1 amide bonds. The van der Waals surface area contributed by atoms with E-state index in [-0.39, 0.29) is 5.91 Å². The SMILES string of the molecule is NC(=O)CN(Cc1csc(-c2ncccn2)n1)C1CCCC1. The van der Waals surface area contributed by atoms with Gasteiger partial charge in [0.05, 0.1) is 12.2 Å². The number of nitrogens with zero attached hydrogens (tertiary/aromatic N) is 4. The summed E-state index contributed by atoms with van der Waals surface area (Å²) in [5, 5.41) is 2.82. The van der Waals surface area contributed by atoms with Gasteiger partial charge >= 0.3 is 0 Å². The first-order valence-electron chi connectivity index (χ1n) is 7.46. The minimum absolute atomic E-state index is 0.284. The van der Waals surface area contributed by atoms with Crippen LogP contribution in [-0.4, -0.2) is 38.3 Å². The first-order valence-corrected chi connectivity index (χ1v) is 8.34. The van der Waals surface area contributed by atoms with Crippen LogP contribution in [0.5, 0.6) is 0 Å². The van der Waals surface area contributed by atoms with Gasteiger partial charge in [-0.15, -0.1) is 11.3 Å². The third-order valence-electron chi connectivity index (χ3n) is 3.87. The molecule has 1 aliphatic rings. The number of nitrogens with two attached hydrogens (primary N) is 1. The third kappa shape index (κ3) is 3.66. The van der Waals surface area contributed by atoms with Gasteiger partial charge < -0.3 is 5.73 Å². The third-order valence-corrected chi connectivity index (χ3v) is 4.76. The number of primary amides is 1. The number of aromatic nitrogens is 3. The molecule has 22 heavy (non-hydrogen) atoms. The van der Waals surface area contributed by atoms with Crippen LogP contribution in [0.15, 0.2) is 23.8 Å². The van der Waals surface area contributed by atoms with Gasteiger partial charge in [0.2, 0.25) is 5.91 Å². The molecule has 2 heterocycles. The highest BCUT2D eigenvalue weighted by Crippen LogP contribution is 2.26. The summed E-state index contributed by atoms with van der Waals surface area (Å²) in [6.45, 7) is 0.941. The van der Waals surface area contributed by atoms with Gasteiger partial charge in [0.25, 0.3) is 0 Å². The largest absolute Gasteiger partial charge is 0.369 e. The van der Waals surface area contributed by atoms with Crippen molar-refractivity contribution in [1.29, 1.82) is 0 Å². The van der Waals surface area contributed by atoms with Gasteiger partial charge in [0.1, 0.15) is 0 Å². The smallest absolute Gasteiger partial charge is 0.231 e. The summed E-state index contributed by atoms with van der Waals surface area (Å²) in [7, 11) is 0. The first-order chi connectivity index (χ1) is 10.7. The standard InChI is InChI=1S/C15H19N5OS/c16-13(21)9-20(12-4-1-2-5-12)8-11-10-22-15(19-11)14-17-6-3-7-18-14/h3,6-7,10,12H,1-2,4-5,8-9H2,(H2,16,21). The van der Waals surface area contributed by atoms with Crippen molar-refractivity contribution in [2.24, 2.45) is 5.73 Å². The van der Waals surface area contributed by atoms with Crippen LogP contribution in [0.2, 0.25) is 0 Å². The van der Waals surface area contributed by atoms with Gasteiger partial charge in [-0.1, -0.05) is 12.8 Å². The zero-order chi connectivity index (χ0) is 15.4. The lowest BCUT2D eigenvalue weighted by molar-refractivity contribution is -0.119. The van der Waals surface area contributed by atoms with E-state index in [1.165, 1.54) is 24.2 Å². The van der Waals surface area contributed by atoms with Gasteiger partial charge in [-0.2, -0.15) is 0 Å². The molecule has 3 rings (SSSR count). The molecule has 0 aromatic carbocycles. The second-order valence-electron chi connectivity index (χ2n) is 5.53. The van der Waals surface area contributed by atoms with Crippen LogP contribution in [0, 0.1) is 0 Å². The number of rotatable bonds is 6. The van der Waals surface area contributed by atoms with Crippen molar-refractivity contribution in [2.45, 2.75) is 38.3 Å². The van der Waals surface area contributed by atoms with E-state index in [1.807, 2.05) is 5.38 Å². The van der Waals surface area contributed by atoms with E-state index in [4.69, 9.17) is 5.73 Å². The minimum Gasteiger partial charge on any atom is -0.369 e. The molecule has 2 aromatic heterocycles. The number of hydrogen-bond donors (Lipinski definition) is 1. The average molecular weight is 317 g/mol. The van der Waals surface area contributed by atoms with E-state index >= 15 is 0 Å². The highest BCUT2D eigenvalue weighted by molar-refractivity contribution is 7.13. The Morgan fingerprint density at radius 3 is 2.73 bits per heavy atom. The first kappa shape index (κ1) is 15.1. The lowest BCUT2D eigenvalue weighted by Gasteiger charge is -2.26. The maximum Gasteiger partial charge on any atom is 0.231 e. The Hall–Kier alpha value is -1.86. The van der Waals surface area contributed by atoms with Crippen LogP contribution in [0.1, 0.15) is 31.4 Å². The number of carbonyl (C=O) groups is 1. The Labute approximate surface area is 133 Å². The summed E-state index contributed by atoms with van der Waals surface area (Å²) in [5.41, 5.74) is 6.34. The normalized spacial score (nSPS) is 15.5. The molecule has 0 spiro atoms. The Bertz CT molecular complexity index is 624. The van der Waals surface area contributed by atoms with Crippen LogP contribution >= 0.6 is 11.3 Å². The van der Waals surface area contributed by atoms with Crippen molar-refractivity contribution < 1.29 is 4.79 Å². The van der Waals surface area contributed by atoms with E-state index in [2.05, 4.69) is 19.9 Å². The van der Waals surface area contributed by atoms with Crippen molar-refractivity contribution in [3.63, 3.8) is 0 Å². The Morgan fingerprint density at radius 2 is 2.05 bits per heavy atom. The van der Waals surface area contributed by atoms with E-state index < -0.39 is 0 Å². The molecule has 0 bridgehead atoms. The molecular weight excluding hydrogens is 298 g/mol. The number of thiazole rings is 1. The minimum atomic E-state index is -0.284. The highest BCUT2D eigenvalue weighted by Gasteiger charge is 2.24. The van der Waals surface area contributed by atoms with Crippen molar-refractivity contribution >= 4 is 17.2 Å². The summed E-state index contributed by atoms with van der Waals surface area (Å²) in [6, 6.07) is 2.22. The van der Waals surface area contributed by atoms with Gasteiger partial charge in [-0.25, -0.2) is 15.0 Å². The molecule has 1 fully saturated rings. The molecule has 0 saturated heterocycles. The predicted molar refractivity (Wildman–Crippen MR) is 85.0 cm³/mol. The highest BCUT2D eigenvalue weighted by atomic mass is 32.1. The second kappa shape index (κ2) is 6.93. The van der Waals surface area contributed by atoms with Crippen LogP contribution in [-0.2, 0) is 11.3 Å². The zero-order valence-electron chi connectivity index (χ0n) is 12.3. The molecule has 7 heteroatoms. The van der Waals surface area contributed by atoms with Gasteiger partial charge in [0, 0.05) is 30.4 Å². The monoisotopic (exact) mass is 317 g/mol. The molecule has 2 N–H and O–H groups in total. The Kier molecular flexibility index (Phi) is 4.74. The predicted octanol–water partition coefficient (Wildman–Crippen LogP) is 1.83. The maximum atomic E-state index is 11.3. The van der Waals surface area contributed by atoms with Gasteiger partial charge in [-0.05, 0) is 18.9 Å². The fraction of sp³-hybridized carbons (Fsp3) is 0.467. The van der Waals surface area contributed by atoms with Crippen molar-refractivity contribution in [1.82, 2.24) is 19.9 Å². The van der Waals surface area contributed by atoms with Gasteiger partial charge in [0.15, 0.2) is 10.8 Å². The molecule has 0 aliphatic heterocycles. The second-order valence-corrected chi connectivity index (χ2v) is 6.38. The average Bonchev–Trinajstić information content (AvgIpc) is 3.19. The van der Waals surface area contributed by atoms with E-state index in [9.17, 15) is 4.79 Å². The number of carbonyl (C=O) groups excluding carboxylic acids is 1. The van der Waals surface area contributed by atoms with Crippen molar-refractivity contribution in [3.8, 4) is 10.8 Å². The van der Waals surface area contributed by atoms with Crippen LogP contribution in [0.3, 0.4) is 0 Å². The van der Waals surface area contributed by atoms with Crippen molar-refractivity contribution in [2.75, 3.05) is 6.54 Å². The lowest BCUT2D eigenvalue weighted by Crippen LogP contribution is -2.39. The molecule has 1 aliphatic carbocycles. The summed E-state index contributed by atoms with van der Waals surface area (Å²) >= 11 is 1.53. The zero-order valence-corrected chi connectivity index (χ0v) is 13.1. The molecule has 2 aromatic rings. The maximum absolute atomic E-state index is 11.3. The quantitative estimate of drug-likeness (QED) is 0.878. The van der Waals surface area contributed by atoms with E-state index in [0.29, 0.717) is 25.0 Å². The fourth-order valence-electron chi connectivity index (χ4n) is 2.88. The molecule has 116 valence electrons. The van der Waals surface area contributed by atoms with Crippen molar-refractivity contribution in [3.05, 3.63) is 29.5 Å². The Morgan fingerprint density at radius 1 is 1.32 bits per heavy atom. The molecule has 6 nitrogen and oxygen atoms in total. The van der Waals surface area contributed by atoms with Gasteiger partial charge in [-0.3, -0.25) is 9.69 Å². The molecular formula is C15H19N5OS. The van der Waals surface area contributed by atoms with E-state index in [1.54, 1.807) is 18.5 Å². The molecule has 0 radical (unpaired) electrons. The van der Waals surface area contributed by atoms with Crippen LogP contribution in [0.25, 0.3) is 10.8 Å². The number of hydrogen-bond acceptors (Lipinski definition) is 6. The summed E-state index contributed by atoms with van der Waals surface area (Å²) < 4.78 is 0. The molecule has 0 unspecified atom stereocenters. The lowest BCUT2D eigenvalue weighted by atomic mass is 10.2. The molecule has 1 saturated carbocycles. The van der Waals surface area contributed by atoms with Crippen LogP contribution in [0.4, 0.5) is 0 Å². The molecule has 0 atom stereocenters. The van der Waals surface area contributed by atoms with E-state index in [0.717, 1.165) is 23.5 Å². The summed E-state index contributed by atoms with van der Waals surface area (Å²) in [5.74, 6) is 0.356. The van der Waals surface area contributed by atoms with Crippen LogP contribution < -0.4 is 5.73 Å². The number of amides is 1. The summed E-state index contributed by atoms with van der Waals surface area (Å²) in [6.07, 6.45) is 8.13. The topological polar surface area (TPSA) is 85.0 Å². The summed E-state index contributed by atoms with van der Waals surface area (Å²) in [4.78, 5) is 26.5. The Balaban J connectivity index is 1.72.